The first-order chi connectivity index (χ1) is 14.7. The molecule has 2 heterocycles. The van der Waals surface area contributed by atoms with E-state index < -0.39 is 5.56 Å². The molecule has 0 N–H and O–H groups in total. The topological polar surface area (TPSA) is 73.6 Å². The number of hydrogen-bond acceptors (Lipinski definition) is 6. The highest BCUT2D eigenvalue weighted by Crippen LogP contribution is 2.22. The number of thiazole rings is 1. The van der Waals surface area contributed by atoms with Crippen LogP contribution in [0.4, 0.5) is 0 Å². The van der Waals surface area contributed by atoms with Crippen LogP contribution in [0.1, 0.15) is 43.2 Å². The van der Waals surface area contributed by atoms with Gasteiger partial charge in [0.1, 0.15) is 11.4 Å². The monoisotopic (exact) mass is 433 g/mol. The predicted molar refractivity (Wildman–Crippen MR) is 123 cm³/mol. The summed E-state index contributed by atoms with van der Waals surface area (Å²) in [7, 11) is 1.60. The molecular weight excluding hydrogens is 410 g/mol. The highest BCUT2D eigenvalue weighted by molar-refractivity contribution is 7.15. The maximum absolute atomic E-state index is 12.9. The molecule has 0 amide bonds. The summed E-state index contributed by atoms with van der Waals surface area (Å²) in [4.78, 5) is 29.7. The van der Waals surface area contributed by atoms with Crippen LogP contribution < -0.4 is 20.4 Å². The summed E-state index contributed by atoms with van der Waals surface area (Å²) in [6.45, 7) is 6.47. The van der Waals surface area contributed by atoms with Gasteiger partial charge in [-0.3, -0.25) is 9.59 Å². The van der Waals surface area contributed by atoms with Gasteiger partial charge in [0.15, 0.2) is 0 Å². The Morgan fingerprint density at radius 2 is 1.71 bits per heavy atom. The summed E-state index contributed by atoms with van der Waals surface area (Å²) in [5.74, 6) is 0.734. The fourth-order valence-electron chi connectivity index (χ4n) is 3.22. The molecule has 0 radical (unpaired) electrons. The van der Waals surface area contributed by atoms with Gasteiger partial charge in [0, 0.05) is 6.42 Å². The summed E-state index contributed by atoms with van der Waals surface area (Å²) in [6.07, 6.45) is 2.10. The smallest absolute Gasteiger partial charge is 0.296 e. The SMILES string of the molecule is COc1ccc(Cc2nn3c(=O)/c(=C/c4ccc(C(C)(C)C)cc4)sc3nc2=O)cc1. The minimum atomic E-state index is -0.418. The second kappa shape index (κ2) is 8.07. The lowest BCUT2D eigenvalue weighted by Gasteiger charge is -2.18. The van der Waals surface area contributed by atoms with Crippen molar-refractivity contribution in [2.24, 2.45) is 0 Å². The van der Waals surface area contributed by atoms with Crippen LogP contribution in [0.5, 0.6) is 5.75 Å². The van der Waals surface area contributed by atoms with Gasteiger partial charge in [-0.25, -0.2) is 0 Å². The molecule has 2 aromatic heterocycles. The number of fused-ring (bicyclic) bond motifs is 1. The van der Waals surface area contributed by atoms with Crippen LogP contribution in [0.2, 0.25) is 0 Å². The molecule has 0 spiro atoms. The zero-order valence-corrected chi connectivity index (χ0v) is 18.7. The van der Waals surface area contributed by atoms with Crippen LogP contribution in [0, 0.1) is 0 Å². The second-order valence-electron chi connectivity index (χ2n) is 8.37. The molecule has 7 heteroatoms. The van der Waals surface area contributed by atoms with E-state index in [1.54, 1.807) is 7.11 Å². The normalized spacial score (nSPS) is 12.5. The first-order valence-electron chi connectivity index (χ1n) is 9.92. The lowest BCUT2D eigenvalue weighted by atomic mass is 9.87. The van der Waals surface area contributed by atoms with Gasteiger partial charge >= 0.3 is 0 Å². The van der Waals surface area contributed by atoms with Gasteiger partial charge < -0.3 is 4.74 Å². The number of benzene rings is 2. The standard InChI is InChI=1S/C24H23N3O3S/c1-24(2,3)17-9-5-16(6-10-17)14-20-22(29)27-23(31-20)25-21(28)19(26-27)13-15-7-11-18(30-4)12-8-15/h5-12,14H,13H2,1-4H3/b20-14-. The van der Waals surface area contributed by atoms with Crippen LogP contribution >= 0.6 is 11.3 Å². The van der Waals surface area contributed by atoms with Gasteiger partial charge in [-0.15, -0.1) is 0 Å². The van der Waals surface area contributed by atoms with Gasteiger partial charge in [0.2, 0.25) is 4.96 Å². The van der Waals surface area contributed by atoms with Crippen molar-refractivity contribution in [3.05, 3.63) is 96.2 Å². The van der Waals surface area contributed by atoms with Crippen molar-refractivity contribution < 1.29 is 4.74 Å². The molecule has 0 aliphatic carbocycles. The lowest BCUT2D eigenvalue weighted by Crippen LogP contribution is -2.28. The molecule has 0 aliphatic heterocycles. The van der Waals surface area contributed by atoms with Gasteiger partial charge in [-0.05, 0) is 40.3 Å². The Balaban J connectivity index is 1.71. The first-order valence-corrected chi connectivity index (χ1v) is 10.7. The van der Waals surface area contributed by atoms with Gasteiger partial charge in [0.25, 0.3) is 11.1 Å². The van der Waals surface area contributed by atoms with Crippen molar-refractivity contribution in [2.45, 2.75) is 32.6 Å². The van der Waals surface area contributed by atoms with Crippen LogP contribution in [-0.4, -0.2) is 21.7 Å². The van der Waals surface area contributed by atoms with E-state index in [-0.39, 0.29) is 16.7 Å². The van der Waals surface area contributed by atoms with E-state index in [1.807, 2.05) is 42.5 Å². The van der Waals surface area contributed by atoms with Crippen molar-refractivity contribution in [3.8, 4) is 5.75 Å². The molecule has 4 rings (SSSR count). The number of methoxy groups -OCH3 is 1. The number of nitrogens with zero attached hydrogens (tertiary/aromatic N) is 3. The summed E-state index contributed by atoms with van der Waals surface area (Å²) in [5.41, 5.74) is 2.63. The van der Waals surface area contributed by atoms with E-state index in [9.17, 15) is 9.59 Å². The van der Waals surface area contributed by atoms with E-state index in [0.717, 1.165) is 16.9 Å². The lowest BCUT2D eigenvalue weighted by molar-refractivity contribution is 0.414. The number of ether oxygens (including phenoxy) is 1. The Labute approximate surface area is 183 Å². The fourth-order valence-corrected chi connectivity index (χ4v) is 4.12. The van der Waals surface area contributed by atoms with E-state index in [1.165, 1.54) is 21.4 Å². The third-order valence-electron chi connectivity index (χ3n) is 5.06. The molecule has 6 nitrogen and oxygen atoms in total. The molecule has 0 unspecified atom stereocenters. The van der Waals surface area contributed by atoms with Crippen molar-refractivity contribution >= 4 is 22.4 Å². The summed E-state index contributed by atoms with van der Waals surface area (Å²) < 4.78 is 6.87. The van der Waals surface area contributed by atoms with Crippen molar-refractivity contribution in [3.63, 3.8) is 0 Å². The minimum absolute atomic E-state index is 0.0638. The Bertz CT molecular complexity index is 1400. The highest BCUT2D eigenvalue weighted by atomic mass is 32.1. The van der Waals surface area contributed by atoms with Crippen LogP contribution in [-0.2, 0) is 11.8 Å². The molecule has 0 saturated heterocycles. The van der Waals surface area contributed by atoms with Crippen LogP contribution in [0.25, 0.3) is 11.0 Å². The largest absolute Gasteiger partial charge is 0.497 e. The van der Waals surface area contributed by atoms with Crippen LogP contribution in [0.15, 0.2) is 58.1 Å². The van der Waals surface area contributed by atoms with Crippen molar-refractivity contribution in [1.82, 2.24) is 14.6 Å². The molecular formula is C24H23N3O3S. The average Bonchev–Trinajstić information content (AvgIpc) is 3.03. The van der Waals surface area contributed by atoms with Gasteiger partial charge in [-0.1, -0.05) is 68.5 Å². The first kappa shape index (κ1) is 20.9. The second-order valence-corrected chi connectivity index (χ2v) is 9.38. The maximum Gasteiger partial charge on any atom is 0.296 e. The number of rotatable bonds is 4. The predicted octanol–water partition coefficient (Wildman–Crippen LogP) is 2.96. The quantitative estimate of drug-likeness (QED) is 0.495. The minimum Gasteiger partial charge on any atom is -0.497 e. The van der Waals surface area contributed by atoms with Crippen molar-refractivity contribution in [1.29, 1.82) is 0 Å². The Kier molecular flexibility index (Phi) is 5.45. The molecule has 4 aromatic rings. The third kappa shape index (κ3) is 4.41. The molecule has 0 saturated carbocycles. The summed E-state index contributed by atoms with van der Waals surface area (Å²) in [6, 6.07) is 15.5. The molecule has 0 atom stereocenters. The maximum atomic E-state index is 12.9. The Hall–Kier alpha value is -3.32. The fraction of sp³-hybridized carbons (Fsp3) is 0.250. The van der Waals surface area contributed by atoms with Gasteiger partial charge in [0.05, 0.1) is 11.6 Å². The molecule has 0 fully saturated rings. The van der Waals surface area contributed by atoms with Crippen LogP contribution in [0.3, 0.4) is 0 Å². The molecule has 0 bridgehead atoms. The Morgan fingerprint density at radius 3 is 2.32 bits per heavy atom. The zero-order chi connectivity index (χ0) is 22.2. The van der Waals surface area contributed by atoms with E-state index in [4.69, 9.17) is 4.74 Å². The molecule has 158 valence electrons. The van der Waals surface area contributed by atoms with E-state index >= 15 is 0 Å². The van der Waals surface area contributed by atoms with Crippen molar-refractivity contribution in [2.75, 3.05) is 7.11 Å². The molecule has 0 aliphatic rings. The zero-order valence-electron chi connectivity index (χ0n) is 17.9. The third-order valence-corrected chi connectivity index (χ3v) is 6.01. The molecule has 31 heavy (non-hydrogen) atoms. The van der Waals surface area contributed by atoms with E-state index in [2.05, 4.69) is 43.0 Å². The Morgan fingerprint density at radius 1 is 1.03 bits per heavy atom. The number of aromatic nitrogens is 3. The summed E-state index contributed by atoms with van der Waals surface area (Å²) >= 11 is 1.17. The summed E-state index contributed by atoms with van der Waals surface area (Å²) in [5, 5.41) is 4.31. The average molecular weight is 434 g/mol. The highest BCUT2D eigenvalue weighted by Gasteiger charge is 2.14. The molecule has 2 aromatic carbocycles. The van der Waals surface area contributed by atoms with Gasteiger partial charge in [-0.2, -0.15) is 14.6 Å². The number of hydrogen-bond donors (Lipinski definition) is 0. The van der Waals surface area contributed by atoms with E-state index in [0.29, 0.717) is 15.9 Å².